The van der Waals surface area contributed by atoms with E-state index in [2.05, 4.69) is 10.2 Å². The zero-order valence-electron chi connectivity index (χ0n) is 8.70. The van der Waals surface area contributed by atoms with E-state index in [1.165, 1.54) is 6.07 Å². The van der Waals surface area contributed by atoms with E-state index in [-0.39, 0.29) is 5.69 Å². The van der Waals surface area contributed by atoms with Gasteiger partial charge in [-0.05, 0) is 6.07 Å². The van der Waals surface area contributed by atoms with Gasteiger partial charge in [-0.15, -0.1) is 0 Å². The van der Waals surface area contributed by atoms with Crippen LogP contribution >= 0.6 is 0 Å². The maximum absolute atomic E-state index is 12.4. The van der Waals surface area contributed by atoms with E-state index in [0.29, 0.717) is 5.69 Å². The Balaban J connectivity index is 2.28. The lowest BCUT2D eigenvalue weighted by atomic mass is 10.1. The number of alkyl halides is 3. The summed E-state index contributed by atoms with van der Waals surface area (Å²) in [5.74, 6) is 0. The molecule has 0 radical (unpaired) electrons. The van der Waals surface area contributed by atoms with Gasteiger partial charge >= 0.3 is 6.18 Å². The molecule has 0 saturated heterocycles. The highest BCUT2D eigenvalue weighted by molar-refractivity contribution is 5.59. The summed E-state index contributed by atoms with van der Waals surface area (Å²) in [4.78, 5) is 0. The SMILES string of the molecule is NC(c1cc(-c2ccccc2)n[nH]1)C(F)(F)F. The van der Waals surface area contributed by atoms with Crippen molar-refractivity contribution in [1.29, 1.82) is 0 Å². The first-order chi connectivity index (χ1) is 7.98. The quantitative estimate of drug-likeness (QED) is 0.849. The number of H-pyrrole nitrogens is 1. The van der Waals surface area contributed by atoms with Crippen molar-refractivity contribution in [3.63, 3.8) is 0 Å². The summed E-state index contributed by atoms with van der Waals surface area (Å²) in [6, 6.07) is 8.19. The highest BCUT2D eigenvalue weighted by Crippen LogP contribution is 2.30. The monoisotopic (exact) mass is 241 g/mol. The molecular formula is C11H10F3N3. The van der Waals surface area contributed by atoms with Gasteiger partial charge in [0.1, 0.15) is 6.04 Å². The van der Waals surface area contributed by atoms with E-state index in [1.54, 1.807) is 24.3 Å². The van der Waals surface area contributed by atoms with Crippen LogP contribution in [0.5, 0.6) is 0 Å². The first-order valence-electron chi connectivity index (χ1n) is 4.91. The fourth-order valence-electron chi connectivity index (χ4n) is 1.43. The van der Waals surface area contributed by atoms with Gasteiger partial charge in [-0.25, -0.2) is 0 Å². The summed E-state index contributed by atoms with van der Waals surface area (Å²) in [7, 11) is 0. The molecule has 3 N–H and O–H groups in total. The Hall–Kier alpha value is -1.82. The molecule has 1 unspecified atom stereocenters. The summed E-state index contributed by atoms with van der Waals surface area (Å²) in [6.45, 7) is 0. The van der Waals surface area contributed by atoms with Crippen molar-refractivity contribution < 1.29 is 13.2 Å². The Kier molecular flexibility index (Phi) is 2.89. The molecule has 0 spiro atoms. The number of nitrogens with two attached hydrogens (primary N) is 1. The molecular weight excluding hydrogens is 231 g/mol. The second-order valence-corrected chi connectivity index (χ2v) is 3.59. The zero-order valence-corrected chi connectivity index (χ0v) is 8.70. The minimum absolute atomic E-state index is 0.142. The predicted octanol–water partition coefficient (Wildman–Crippen LogP) is 2.64. The van der Waals surface area contributed by atoms with Gasteiger partial charge in [-0.1, -0.05) is 30.3 Å². The summed E-state index contributed by atoms with van der Waals surface area (Å²) >= 11 is 0. The van der Waals surface area contributed by atoms with Crippen molar-refractivity contribution in [3.8, 4) is 11.3 Å². The van der Waals surface area contributed by atoms with Crippen molar-refractivity contribution in [3.05, 3.63) is 42.1 Å². The third-order valence-electron chi connectivity index (χ3n) is 2.35. The third-order valence-corrected chi connectivity index (χ3v) is 2.35. The minimum Gasteiger partial charge on any atom is -0.315 e. The topological polar surface area (TPSA) is 54.7 Å². The largest absolute Gasteiger partial charge is 0.409 e. The third kappa shape index (κ3) is 2.47. The molecule has 6 heteroatoms. The minimum atomic E-state index is -4.47. The highest BCUT2D eigenvalue weighted by atomic mass is 19.4. The lowest BCUT2D eigenvalue weighted by molar-refractivity contribution is -0.150. The number of benzene rings is 1. The first-order valence-corrected chi connectivity index (χ1v) is 4.91. The summed E-state index contributed by atoms with van der Waals surface area (Å²) in [5.41, 5.74) is 6.11. The Morgan fingerprint density at radius 1 is 1.18 bits per heavy atom. The number of rotatable bonds is 2. The molecule has 1 aromatic carbocycles. The van der Waals surface area contributed by atoms with Crippen LogP contribution in [0.1, 0.15) is 11.7 Å². The van der Waals surface area contributed by atoms with Gasteiger partial charge < -0.3 is 5.73 Å². The molecule has 0 bridgehead atoms. The van der Waals surface area contributed by atoms with Crippen LogP contribution in [0.4, 0.5) is 13.2 Å². The molecule has 2 rings (SSSR count). The number of nitrogens with zero attached hydrogens (tertiary/aromatic N) is 1. The Bertz CT molecular complexity index is 490. The van der Waals surface area contributed by atoms with E-state index in [4.69, 9.17) is 5.73 Å². The lowest BCUT2D eigenvalue weighted by Crippen LogP contribution is -2.28. The van der Waals surface area contributed by atoms with E-state index >= 15 is 0 Å². The molecule has 90 valence electrons. The Morgan fingerprint density at radius 2 is 1.82 bits per heavy atom. The molecule has 0 saturated carbocycles. The lowest BCUT2D eigenvalue weighted by Gasteiger charge is -2.12. The van der Waals surface area contributed by atoms with Gasteiger partial charge in [0.25, 0.3) is 0 Å². The van der Waals surface area contributed by atoms with E-state index < -0.39 is 12.2 Å². The van der Waals surface area contributed by atoms with Crippen molar-refractivity contribution in [2.24, 2.45) is 5.73 Å². The molecule has 1 atom stereocenters. The van der Waals surface area contributed by atoms with Crippen LogP contribution in [0.25, 0.3) is 11.3 Å². The average Bonchev–Trinajstić information content (AvgIpc) is 2.77. The first kappa shape index (κ1) is 11.7. The molecule has 0 aliphatic carbocycles. The molecule has 0 amide bonds. The maximum Gasteiger partial charge on any atom is 0.409 e. The van der Waals surface area contributed by atoms with Gasteiger partial charge in [0.05, 0.1) is 11.4 Å². The van der Waals surface area contributed by atoms with E-state index in [9.17, 15) is 13.2 Å². The van der Waals surface area contributed by atoms with Crippen molar-refractivity contribution >= 4 is 0 Å². The smallest absolute Gasteiger partial charge is 0.315 e. The molecule has 3 nitrogen and oxygen atoms in total. The van der Waals surface area contributed by atoms with Gasteiger partial charge in [0, 0.05) is 5.56 Å². The van der Waals surface area contributed by atoms with Crippen LogP contribution in [-0.2, 0) is 0 Å². The molecule has 2 aromatic rings. The maximum atomic E-state index is 12.4. The van der Waals surface area contributed by atoms with Gasteiger partial charge in [0.15, 0.2) is 0 Å². The predicted molar refractivity (Wildman–Crippen MR) is 57.0 cm³/mol. The van der Waals surface area contributed by atoms with Crippen molar-refractivity contribution in [2.45, 2.75) is 12.2 Å². The van der Waals surface area contributed by atoms with Gasteiger partial charge in [-0.3, -0.25) is 5.10 Å². The number of aromatic amines is 1. The standard InChI is InChI=1S/C11H10F3N3/c12-11(13,14)10(15)9-6-8(16-17-9)7-4-2-1-3-5-7/h1-6,10H,15H2,(H,16,17). The van der Waals surface area contributed by atoms with Gasteiger partial charge in [0.2, 0.25) is 0 Å². The van der Waals surface area contributed by atoms with Crippen LogP contribution in [0, 0.1) is 0 Å². The van der Waals surface area contributed by atoms with Gasteiger partial charge in [-0.2, -0.15) is 18.3 Å². The van der Waals surface area contributed by atoms with Crippen LogP contribution in [0.2, 0.25) is 0 Å². The average molecular weight is 241 g/mol. The molecule has 17 heavy (non-hydrogen) atoms. The summed E-state index contributed by atoms with van der Waals surface area (Å²) in [5, 5.41) is 6.13. The number of hydrogen-bond acceptors (Lipinski definition) is 2. The van der Waals surface area contributed by atoms with E-state index in [0.717, 1.165) is 5.56 Å². The number of halogens is 3. The van der Waals surface area contributed by atoms with Crippen LogP contribution in [0.3, 0.4) is 0 Å². The second kappa shape index (κ2) is 4.21. The summed E-state index contributed by atoms with van der Waals surface area (Å²) in [6.07, 6.45) is -4.47. The summed E-state index contributed by atoms with van der Waals surface area (Å²) < 4.78 is 37.1. The van der Waals surface area contributed by atoms with Crippen molar-refractivity contribution in [1.82, 2.24) is 10.2 Å². The highest BCUT2D eigenvalue weighted by Gasteiger charge is 2.39. The second-order valence-electron chi connectivity index (χ2n) is 3.59. The molecule has 1 heterocycles. The zero-order chi connectivity index (χ0) is 12.5. The molecule has 1 aromatic heterocycles. The fraction of sp³-hybridized carbons (Fsp3) is 0.182. The number of nitrogens with one attached hydrogen (secondary N) is 1. The fourth-order valence-corrected chi connectivity index (χ4v) is 1.43. The normalized spacial score (nSPS) is 13.6. The van der Waals surface area contributed by atoms with E-state index in [1.807, 2.05) is 6.07 Å². The number of hydrogen-bond donors (Lipinski definition) is 2. The van der Waals surface area contributed by atoms with Crippen molar-refractivity contribution in [2.75, 3.05) is 0 Å². The number of aromatic nitrogens is 2. The molecule has 0 aliphatic heterocycles. The van der Waals surface area contributed by atoms with Crippen LogP contribution < -0.4 is 5.73 Å². The molecule has 0 aliphatic rings. The van der Waals surface area contributed by atoms with Crippen LogP contribution in [0.15, 0.2) is 36.4 Å². The Morgan fingerprint density at radius 3 is 2.41 bits per heavy atom. The van der Waals surface area contributed by atoms with Crippen LogP contribution in [-0.4, -0.2) is 16.4 Å². The molecule has 0 fully saturated rings. The Labute approximate surface area is 95.5 Å².